The van der Waals surface area contributed by atoms with Crippen LogP contribution < -0.4 is 5.32 Å². The molecule has 3 rings (SSSR count). The van der Waals surface area contributed by atoms with Gasteiger partial charge in [-0.2, -0.15) is 5.10 Å². The first-order valence-corrected chi connectivity index (χ1v) is 10.1. The topological polar surface area (TPSA) is 79.7 Å². The van der Waals surface area contributed by atoms with Gasteiger partial charge in [0.1, 0.15) is 5.60 Å². The van der Waals surface area contributed by atoms with E-state index in [9.17, 15) is 9.59 Å². The Hall–Kier alpha value is -2.87. The van der Waals surface area contributed by atoms with Crippen molar-refractivity contribution >= 4 is 17.7 Å². The number of benzene rings is 1. The Morgan fingerprint density at radius 3 is 2.70 bits per heavy atom. The molecular formula is C22H31N5O3. The zero-order valence-corrected chi connectivity index (χ0v) is 18.7. The number of nitrogens with one attached hydrogen (secondary N) is 1. The smallest absolute Gasteiger partial charge is 0.410 e. The van der Waals surface area contributed by atoms with Crippen LogP contribution in [0.2, 0.25) is 0 Å². The van der Waals surface area contributed by atoms with Gasteiger partial charge in [-0.25, -0.2) is 4.79 Å². The van der Waals surface area contributed by atoms with Crippen LogP contribution in [-0.2, 0) is 29.5 Å². The van der Waals surface area contributed by atoms with Crippen LogP contribution >= 0.6 is 0 Å². The third-order valence-corrected chi connectivity index (χ3v) is 5.04. The molecule has 1 aromatic heterocycles. The van der Waals surface area contributed by atoms with Crippen molar-refractivity contribution < 1.29 is 14.3 Å². The number of hydrogen-bond donors (Lipinski definition) is 1. The molecule has 0 unspecified atom stereocenters. The van der Waals surface area contributed by atoms with Crippen LogP contribution in [0.4, 0.5) is 10.5 Å². The molecule has 1 N–H and O–H groups in total. The predicted molar refractivity (Wildman–Crippen MR) is 116 cm³/mol. The minimum absolute atomic E-state index is 0.0300. The van der Waals surface area contributed by atoms with Crippen LogP contribution in [0.3, 0.4) is 0 Å². The highest BCUT2D eigenvalue weighted by atomic mass is 16.6. The fraction of sp³-hybridized carbons (Fsp3) is 0.500. The molecule has 2 aromatic rings. The van der Waals surface area contributed by atoms with Gasteiger partial charge in [-0.3, -0.25) is 14.4 Å². The number of aromatic nitrogens is 2. The molecule has 1 aromatic carbocycles. The van der Waals surface area contributed by atoms with Crippen molar-refractivity contribution in [3.8, 4) is 11.1 Å². The number of nitrogens with zero attached hydrogens (tertiary/aromatic N) is 4. The third-order valence-electron chi connectivity index (χ3n) is 5.04. The van der Waals surface area contributed by atoms with E-state index in [1.807, 2.05) is 57.9 Å². The normalized spacial score (nSPS) is 13.4. The Morgan fingerprint density at radius 1 is 1.27 bits per heavy atom. The number of anilines is 1. The van der Waals surface area contributed by atoms with Gasteiger partial charge in [0, 0.05) is 45.0 Å². The molecular weight excluding hydrogens is 382 g/mol. The number of carbonyl (C=O) groups is 2. The lowest BCUT2D eigenvalue weighted by Crippen LogP contribution is -2.38. The van der Waals surface area contributed by atoms with E-state index in [2.05, 4.69) is 21.4 Å². The van der Waals surface area contributed by atoms with Gasteiger partial charge in [-0.1, -0.05) is 6.07 Å². The number of ether oxygens (including phenoxy) is 1. The summed E-state index contributed by atoms with van der Waals surface area (Å²) in [6.07, 6.45) is 1.95. The predicted octanol–water partition coefficient (Wildman–Crippen LogP) is 2.88. The standard InChI is InChI=1S/C22H31N5O3/c1-22(2,3)30-21(29)26(5)10-9-25(4)14-19-17(13-23-27(19)6)15-7-8-18-16(11-15)12-20(28)24-18/h7-8,11,13H,9-10,12,14H2,1-6H3,(H,24,28). The molecule has 0 bridgehead atoms. The number of aryl methyl sites for hydroxylation is 1. The maximum Gasteiger partial charge on any atom is 0.410 e. The molecule has 0 atom stereocenters. The lowest BCUT2D eigenvalue weighted by Gasteiger charge is -2.26. The minimum atomic E-state index is -0.503. The molecule has 30 heavy (non-hydrogen) atoms. The van der Waals surface area contributed by atoms with Crippen molar-refractivity contribution in [2.75, 3.05) is 32.5 Å². The van der Waals surface area contributed by atoms with Gasteiger partial charge in [0.15, 0.2) is 0 Å². The van der Waals surface area contributed by atoms with Gasteiger partial charge in [0.2, 0.25) is 5.91 Å². The highest BCUT2D eigenvalue weighted by molar-refractivity contribution is 5.99. The van der Waals surface area contributed by atoms with Gasteiger partial charge in [-0.15, -0.1) is 0 Å². The van der Waals surface area contributed by atoms with Crippen molar-refractivity contribution in [2.24, 2.45) is 7.05 Å². The molecule has 2 heterocycles. The molecule has 1 aliphatic heterocycles. The lowest BCUT2D eigenvalue weighted by atomic mass is 10.0. The molecule has 8 heteroatoms. The second-order valence-corrected chi connectivity index (χ2v) is 8.87. The molecule has 2 amide bonds. The van der Waals surface area contributed by atoms with E-state index in [1.165, 1.54) is 0 Å². The summed E-state index contributed by atoms with van der Waals surface area (Å²) in [5.74, 6) is 0.0300. The van der Waals surface area contributed by atoms with E-state index in [1.54, 1.807) is 11.9 Å². The van der Waals surface area contributed by atoms with Crippen LogP contribution in [0, 0.1) is 0 Å². The summed E-state index contributed by atoms with van der Waals surface area (Å²) in [5.41, 5.74) is 4.57. The Bertz CT molecular complexity index is 945. The summed E-state index contributed by atoms with van der Waals surface area (Å²) in [5, 5.41) is 7.31. The van der Waals surface area contributed by atoms with Crippen molar-refractivity contribution in [2.45, 2.75) is 39.3 Å². The van der Waals surface area contributed by atoms with Crippen LogP contribution in [0.1, 0.15) is 32.0 Å². The molecule has 0 saturated carbocycles. The largest absolute Gasteiger partial charge is 0.444 e. The highest BCUT2D eigenvalue weighted by Crippen LogP contribution is 2.31. The van der Waals surface area contributed by atoms with E-state index in [4.69, 9.17) is 4.74 Å². The van der Waals surface area contributed by atoms with Crippen molar-refractivity contribution in [1.82, 2.24) is 19.6 Å². The first-order valence-electron chi connectivity index (χ1n) is 10.1. The van der Waals surface area contributed by atoms with E-state index in [0.717, 1.165) is 28.1 Å². The average Bonchev–Trinajstić information content (AvgIpc) is 3.19. The molecule has 0 fully saturated rings. The van der Waals surface area contributed by atoms with Crippen LogP contribution in [0.5, 0.6) is 0 Å². The van der Waals surface area contributed by atoms with Gasteiger partial charge in [0.25, 0.3) is 0 Å². The molecule has 0 aliphatic carbocycles. The summed E-state index contributed by atoms with van der Waals surface area (Å²) >= 11 is 0. The number of hydrogen-bond acceptors (Lipinski definition) is 5. The Morgan fingerprint density at radius 2 is 2.00 bits per heavy atom. The zero-order chi connectivity index (χ0) is 22.1. The minimum Gasteiger partial charge on any atom is -0.444 e. The van der Waals surface area contributed by atoms with Gasteiger partial charge in [-0.05, 0) is 51.1 Å². The maximum atomic E-state index is 12.1. The van der Waals surface area contributed by atoms with E-state index < -0.39 is 5.60 Å². The maximum absolute atomic E-state index is 12.1. The van der Waals surface area contributed by atoms with Crippen LogP contribution in [-0.4, -0.2) is 64.4 Å². The summed E-state index contributed by atoms with van der Waals surface area (Å²) in [6, 6.07) is 6.02. The lowest BCUT2D eigenvalue weighted by molar-refractivity contribution is -0.115. The second-order valence-electron chi connectivity index (χ2n) is 8.87. The highest BCUT2D eigenvalue weighted by Gasteiger charge is 2.21. The average molecular weight is 414 g/mol. The second kappa shape index (κ2) is 8.47. The SMILES string of the molecule is CN(CCN(C)C(=O)OC(C)(C)C)Cc1c(-c2ccc3c(c2)CC(=O)N3)cnn1C. The molecule has 0 spiro atoms. The van der Waals surface area contributed by atoms with Crippen LogP contribution in [0.15, 0.2) is 24.4 Å². The molecule has 0 saturated heterocycles. The zero-order valence-electron chi connectivity index (χ0n) is 18.7. The summed E-state index contributed by atoms with van der Waals surface area (Å²) < 4.78 is 7.28. The quantitative estimate of drug-likeness (QED) is 0.788. The summed E-state index contributed by atoms with van der Waals surface area (Å²) in [7, 11) is 5.69. The van der Waals surface area contributed by atoms with E-state index in [0.29, 0.717) is 26.1 Å². The Balaban J connectivity index is 1.65. The Labute approximate surface area is 177 Å². The number of rotatable bonds is 6. The number of fused-ring (bicyclic) bond motifs is 1. The van der Waals surface area contributed by atoms with Crippen LogP contribution in [0.25, 0.3) is 11.1 Å². The van der Waals surface area contributed by atoms with Crippen molar-refractivity contribution in [1.29, 1.82) is 0 Å². The van der Waals surface area contributed by atoms with Crippen molar-refractivity contribution in [3.05, 3.63) is 35.7 Å². The van der Waals surface area contributed by atoms with E-state index >= 15 is 0 Å². The third kappa shape index (κ3) is 5.18. The van der Waals surface area contributed by atoms with Crippen molar-refractivity contribution in [3.63, 3.8) is 0 Å². The number of amides is 2. The van der Waals surface area contributed by atoms with Gasteiger partial charge in [0.05, 0.1) is 18.3 Å². The summed E-state index contributed by atoms with van der Waals surface area (Å²) in [4.78, 5) is 27.5. The fourth-order valence-corrected chi connectivity index (χ4v) is 3.37. The van der Waals surface area contributed by atoms with Gasteiger partial charge >= 0.3 is 6.09 Å². The molecule has 0 radical (unpaired) electrons. The molecule has 8 nitrogen and oxygen atoms in total. The van der Waals surface area contributed by atoms with E-state index in [-0.39, 0.29) is 12.0 Å². The Kier molecular flexibility index (Phi) is 6.17. The monoisotopic (exact) mass is 413 g/mol. The summed E-state index contributed by atoms with van der Waals surface area (Å²) in [6.45, 7) is 7.52. The first kappa shape index (κ1) is 21.8. The van der Waals surface area contributed by atoms with Gasteiger partial charge < -0.3 is 15.0 Å². The number of carbonyl (C=O) groups excluding carboxylic acids is 2. The first-order chi connectivity index (χ1) is 14.0. The molecule has 1 aliphatic rings. The molecule has 162 valence electrons. The fourth-order valence-electron chi connectivity index (χ4n) is 3.37. The number of likely N-dealkylation sites (N-methyl/N-ethyl adjacent to an activating group) is 2.